The molecule has 0 aliphatic heterocycles. The van der Waals surface area contributed by atoms with Crippen molar-refractivity contribution < 1.29 is 10.2 Å². The van der Waals surface area contributed by atoms with Gasteiger partial charge in [0, 0.05) is 5.41 Å². The third-order valence-electron chi connectivity index (χ3n) is 11.3. The molecule has 4 fully saturated rings. The Kier molecular flexibility index (Phi) is 5.34. The van der Waals surface area contributed by atoms with Gasteiger partial charge in [-0.3, -0.25) is 0 Å². The van der Waals surface area contributed by atoms with Gasteiger partial charge in [-0.2, -0.15) is 0 Å². The predicted octanol–water partition coefficient (Wildman–Crippen LogP) is 6.67. The van der Waals surface area contributed by atoms with Gasteiger partial charge < -0.3 is 10.2 Å². The molecule has 0 radical (unpaired) electrons. The molecule has 5 aliphatic carbocycles. The summed E-state index contributed by atoms with van der Waals surface area (Å²) in [4.78, 5) is 0. The van der Waals surface area contributed by atoms with Gasteiger partial charge in [0.15, 0.2) is 0 Å². The molecule has 5 aliphatic rings. The summed E-state index contributed by atoms with van der Waals surface area (Å²) < 4.78 is 0. The maximum atomic E-state index is 11.4. The highest BCUT2D eigenvalue weighted by Gasteiger charge is 2.66. The molecule has 0 heterocycles. The molecule has 2 nitrogen and oxygen atoms in total. The molecule has 0 unspecified atom stereocenters. The number of allylic oxidation sites excluding steroid dienone is 3. The summed E-state index contributed by atoms with van der Waals surface area (Å²) >= 11 is 0. The summed E-state index contributed by atoms with van der Waals surface area (Å²) in [6.07, 6.45) is 16.4. The third kappa shape index (κ3) is 3.17. The van der Waals surface area contributed by atoms with Gasteiger partial charge >= 0.3 is 0 Å². The van der Waals surface area contributed by atoms with E-state index in [-0.39, 0.29) is 28.5 Å². The van der Waals surface area contributed by atoms with Gasteiger partial charge in [0.1, 0.15) is 0 Å². The molecule has 0 amide bonds. The average molecular weight is 427 g/mol. The van der Waals surface area contributed by atoms with Crippen molar-refractivity contribution in [2.75, 3.05) is 0 Å². The van der Waals surface area contributed by atoms with E-state index in [0.29, 0.717) is 29.6 Å². The van der Waals surface area contributed by atoms with E-state index in [2.05, 4.69) is 46.8 Å². The van der Waals surface area contributed by atoms with Crippen LogP contribution in [0.1, 0.15) is 98.8 Å². The van der Waals surface area contributed by atoms with Crippen LogP contribution in [0.3, 0.4) is 0 Å². The van der Waals surface area contributed by atoms with E-state index >= 15 is 0 Å². The van der Waals surface area contributed by atoms with Gasteiger partial charge in [0.05, 0.1) is 12.2 Å². The van der Waals surface area contributed by atoms with Crippen LogP contribution in [0.2, 0.25) is 0 Å². The average Bonchev–Trinajstić information content (AvgIpc) is 3.44. The summed E-state index contributed by atoms with van der Waals surface area (Å²) in [5.41, 5.74) is 3.73. The Labute approximate surface area is 190 Å². The van der Waals surface area contributed by atoms with Crippen molar-refractivity contribution in [2.24, 2.45) is 45.8 Å². The molecular formula is C29H46O2. The lowest BCUT2D eigenvalue weighted by Crippen LogP contribution is -2.54. The molecule has 9 atom stereocenters. The second kappa shape index (κ2) is 7.45. The summed E-state index contributed by atoms with van der Waals surface area (Å²) in [6, 6.07) is 0. The first-order valence-corrected chi connectivity index (χ1v) is 13.3. The fourth-order valence-electron chi connectivity index (χ4n) is 9.65. The Hall–Kier alpha value is -0.600. The molecule has 4 saturated carbocycles. The first kappa shape index (κ1) is 22.2. The van der Waals surface area contributed by atoms with E-state index < -0.39 is 0 Å². The van der Waals surface area contributed by atoms with Gasteiger partial charge in [-0.1, -0.05) is 44.1 Å². The van der Waals surface area contributed by atoms with Crippen molar-refractivity contribution in [3.63, 3.8) is 0 Å². The van der Waals surface area contributed by atoms with E-state index in [1.54, 1.807) is 5.57 Å². The lowest BCUT2D eigenvalue weighted by Gasteiger charge is -2.60. The van der Waals surface area contributed by atoms with Gasteiger partial charge in [-0.05, 0) is 118 Å². The minimum atomic E-state index is -0.128. The highest BCUT2D eigenvalue weighted by atomic mass is 16.3. The van der Waals surface area contributed by atoms with Crippen LogP contribution in [0.25, 0.3) is 0 Å². The summed E-state index contributed by atoms with van der Waals surface area (Å²) in [7, 11) is 0. The van der Waals surface area contributed by atoms with Crippen molar-refractivity contribution in [3.8, 4) is 0 Å². The summed E-state index contributed by atoms with van der Waals surface area (Å²) in [5.74, 6) is 3.12. The van der Waals surface area contributed by atoms with Gasteiger partial charge in [0.25, 0.3) is 0 Å². The van der Waals surface area contributed by atoms with Crippen LogP contribution in [0, 0.1) is 45.8 Å². The highest BCUT2D eigenvalue weighted by Crippen LogP contribution is 2.72. The SMILES string of the molecule is CC(C)=CCC[C@@H](C)[C@H]1C[C@@H](O)[C@H]2[C@@H]3CC=C4C5(CC5)[C@@H](O)CC[C@]4(C)[C@H]3CC[C@@]21C. The molecule has 1 spiro atoms. The Morgan fingerprint density at radius 1 is 1.13 bits per heavy atom. The van der Waals surface area contributed by atoms with Crippen molar-refractivity contribution in [1.82, 2.24) is 0 Å². The number of fused-ring (bicyclic) bond motifs is 6. The van der Waals surface area contributed by atoms with E-state index in [9.17, 15) is 10.2 Å². The second-order valence-electron chi connectivity index (χ2n) is 13.1. The summed E-state index contributed by atoms with van der Waals surface area (Å²) in [6.45, 7) is 11.9. The molecule has 0 aromatic carbocycles. The van der Waals surface area contributed by atoms with E-state index in [4.69, 9.17) is 0 Å². The van der Waals surface area contributed by atoms with Crippen LogP contribution in [0.15, 0.2) is 23.3 Å². The molecule has 0 bridgehead atoms. The third-order valence-corrected chi connectivity index (χ3v) is 11.3. The quantitative estimate of drug-likeness (QED) is 0.493. The van der Waals surface area contributed by atoms with Crippen molar-refractivity contribution in [3.05, 3.63) is 23.3 Å². The molecule has 2 N–H and O–H groups in total. The zero-order valence-electron chi connectivity index (χ0n) is 20.7. The smallest absolute Gasteiger partial charge is 0.0634 e. The first-order chi connectivity index (χ1) is 14.6. The van der Waals surface area contributed by atoms with E-state index in [0.717, 1.165) is 25.7 Å². The molecule has 174 valence electrons. The fourth-order valence-corrected chi connectivity index (χ4v) is 9.65. The largest absolute Gasteiger partial charge is 0.393 e. The van der Waals surface area contributed by atoms with Crippen molar-refractivity contribution in [2.45, 2.75) is 111 Å². The maximum Gasteiger partial charge on any atom is 0.0634 e. The number of hydrogen-bond acceptors (Lipinski definition) is 2. The highest BCUT2D eigenvalue weighted by molar-refractivity contribution is 5.37. The second-order valence-corrected chi connectivity index (χ2v) is 13.1. The van der Waals surface area contributed by atoms with E-state index in [1.165, 1.54) is 44.1 Å². The van der Waals surface area contributed by atoms with Crippen LogP contribution in [-0.4, -0.2) is 22.4 Å². The number of aliphatic hydroxyl groups is 2. The number of rotatable bonds is 4. The van der Waals surface area contributed by atoms with Crippen LogP contribution >= 0.6 is 0 Å². The Balaban J connectivity index is 1.41. The number of hydrogen-bond donors (Lipinski definition) is 2. The number of aliphatic hydroxyl groups excluding tert-OH is 2. The molecular weight excluding hydrogens is 380 g/mol. The van der Waals surface area contributed by atoms with Crippen molar-refractivity contribution >= 4 is 0 Å². The molecule has 0 saturated heterocycles. The lowest BCUT2D eigenvalue weighted by molar-refractivity contribution is -0.0897. The topological polar surface area (TPSA) is 40.5 Å². The van der Waals surface area contributed by atoms with Gasteiger partial charge in [-0.15, -0.1) is 0 Å². The van der Waals surface area contributed by atoms with E-state index in [1.807, 2.05) is 0 Å². The Bertz CT molecular complexity index is 772. The lowest BCUT2D eigenvalue weighted by atomic mass is 9.45. The minimum absolute atomic E-state index is 0.111. The van der Waals surface area contributed by atoms with Crippen LogP contribution in [0.5, 0.6) is 0 Å². The Morgan fingerprint density at radius 3 is 2.55 bits per heavy atom. The zero-order chi connectivity index (χ0) is 22.2. The molecule has 5 rings (SSSR count). The standard InChI is InChI=1S/C29H46O2/c1-18(2)7-6-8-19(3)22-17-23(30)26-20-9-10-24-27(4,21(20)11-13-28(22,26)5)14-12-25(31)29(24)15-16-29/h7,10,19-23,25-26,30-31H,6,8-9,11-17H2,1-5H3/t19-,20-,21+,22-,23-,25+,26-,27-,28-/m1/s1. The molecule has 0 aromatic rings. The maximum absolute atomic E-state index is 11.4. The predicted molar refractivity (Wildman–Crippen MR) is 127 cm³/mol. The minimum Gasteiger partial charge on any atom is -0.393 e. The molecule has 2 heteroatoms. The Morgan fingerprint density at radius 2 is 1.87 bits per heavy atom. The van der Waals surface area contributed by atoms with Crippen molar-refractivity contribution in [1.29, 1.82) is 0 Å². The first-order valence-electron chi connectivity index (χ1n) is 13.3. The normalized spacial score (nSPS) is 48.3. The molecule has 0 aromatic heterocycles. The van der Waals surface area contributed by atoms with Crippen LogP contribution in [0.4, 0.5) is 0 Å². The van der Waals surface area contributed by atoms with Crippen LogP contribution in [-0.2, 0) is 0 Å². The van der Waals surface area contributed by atoms with Gasteiger partial charge in [0.2, 0.25) is 0 Å². The molecule has 31 heavy (non-hydrogen) atoms. The summed E-state index contributed by atoms with van der Waals surface area (Å²) in [5, 5.41) is 22.2. The van der Waals surface area contributed by atoms with Gasteiger partial charge in [-0.25, -0.2) is 0 Å². The zero-order valence-corrected chi connectivity index (χ0v) is 20.7. The fraction of sp³-hybridized carbons (Fsp3) is 0.862. The van der Waals surface area contributed by atoms with Crippen LogP contribution < -0.4 is 0 Å². The monoisotopic (exact) mass is 426 g/mol.